The average molecular weight is 217 g/mol. The van der Waals surface area contributed by atoms with Gasteiger partial charge in [0.2, 0.25) is 0 Å². The van der Waals surface area contributed by atoms with Gasteiger partial charge in [0, 0.05) is 16.6 Å². The minimum Gasteiger partial charge on any atom is -0.200 e. The molecule has 0 N–H and O–H groups in total. The van der Waals surface area contributed by atoms with Crippen molar-refractivity contribution < 1.29 is 0 Å². The summed E-state index contributed by atoms with van der Waals surface area (Å²) in [5.41, 5.74) is 2.70. The molecule has 0 amide bonds. The molecule has 0 atom stereocenters. The van der Waals surface area contributed by atoms with Crippen LogP contribution in [-0.2, 0) is 5.41 Å². The first kappa shape index (κ1) is 10.4. The molecule has 0 spiro atoms. The number of benzene rings is 1. The van der Waals surface area contributed by atoms with Crippen molar-refractivity contribution in [2.75, 3.05) is 0 Å². The lowest BCUT2D eigenvalue weighted by Gasteiger charge is -2.17. The van der Waals surface area contributed by atoms with Crippen LogP contribution in [0.3, 0.4) is 0 Å². The topological polar surface area (TPSA) is 12.9 Å². The number of aromatic nitrogens is 1. The fourth-order valence-electron chi connectivity index (χ4n) is 1.60. The fraction of sp³-hybridized carbons (Fsp3) is 0.308. The van der Waals surface area contributed by atoms with Crippen LogP contribution in [0, 0.1) is 0 Å². The van der Waals surface area contributed by atoms with Crippen molar-refractivity contribution in [2.24, 2.45) is 0 Å². The Morgan fingerprint density at radius 2 is 1.73 bits per heavy atom. The van der Waals surface area contributed by atoms with Gasteiger partial charge >= 0.3 is 0 Å². The van der Waals surface area contributed by atoms with Gasteiger partial charge in [-0.15, -0.1) is 0 Å². The minimum absolute atomic E-state index is 0.173. The standard InChI is InChI=1S/C13H15NS/c1-13(2,3)12-11(9-14-15-12)10-7-5-4-6-8-10/h4-9H,1-3H3. The Hall–Kier alpha value is -1.15. The molecule has 2 heteroatoms. The molecule has 1 heterocycles. The molecule has 0 aliphatic rings. The monoisotopic (exact) mass is 217 g/mol. The molecule has 1 nitrogen and oxygen atoms in total. The van der Waals surface area contributed by atoms with Gasteiger partial charge < -0.3 is 0 Å². The fourth-order valence-corrected chi connectivity index (χ4v) is 2.41. The second kappa shape index (κ2) is 3.78. The van der Waals surface area contributed by atoms with Crippen molar-refractivity contribution in [3.05, 3.63) is 41.4 Å². The number of hydrogen-bond acceptors (Lipinski definition) is 2. The Morgan fingerprint density at radius 3 is 2.33 bits per heavy atom. The molecule has 0 saturated carbocycles. The largest absolute Gasteiger partial charge is 0.200 e. The van der Waals surface area contributed by atoms with Crippen LogP contribution in [0.25, 0.3) is 11.1 Å². The summed E-state index contributed by atoms with van der Waals surface area (Å²) in [6.07, 6.45) is 1.97. The van der Waals surface area contributed by atoms with Crippen molar-refractivity contribution in [3.8, 4) is 11.1 Å². The van der Waals surface area contributed by atoms with Crippen LogP contribution in [0.1, 0.15) is 25.6 Å². The van der Waals surface area contributed by atoms with E-state index in [0.29, 0.717) is 0 Å². The predicted molar refractivity (Wildman–Crippen MR) is 66.3 cm³/mol. The van der Waals surface area contributed by atoms with Crippen molar-refractivity contribution in [1.82, 2.24) is 4.37 Å². The molecule has 0 radical (unpaired) electrons. The molecular weight excluding hydrogens is 202 g/mol. The molecule has 78 valence electrons. The summed E-state index contributed by atoms with van der Waals surface area (Å²) < 4.78 is 4.31. The van der Waals surface area contributed by atoms with E-state index in [-0.39, 0.29) is 5.41 Å². The van der Waals surface area contributed by atoms with E-state index in [2.05, 4.69) is 49.4 Å². The summed E-state index contributed by atoms with van der Waals surface area (Å²) in [5, 5.41) is 0. The third kappa shape index (κ3) is 2.10. The minimum atomic E-state index is 0.173. The molecule has 2 aromatic rings. The summed E-state index contributed by atoms with van der Waals surface area (Å²) in [5.74, 6) is 0. The quantitative estimate of drug-likeness (QED) is 0.700. The Bertz CT molecular complexity index is 437. The molecule has 0 fully saturated rings. The van der Waals surface area contributed by atoms with Gasteiger partial charge in [-0.05, 0) is 22.5 Å². The second-order valence-corrected chi connectivity index (χ2v) is 5.49. The van der Waals surface area contributed by atoms with Gasteiger partial charge in [-0.25, -0.2) is 4.37 Å². The van der Waals surface area contributed by atoms with E-state index >= 15 is 0 Å². The molecule has 1 aromatic heterocycles. The zero-order chi connectivity index (χ0) is 10.9. The first-order valence-corrected chi connectivity index (χ1v) is 5.87. The third-order valence-corrected chi connectivity index (χ3v) is 3.56. The molecule has 0 saturated heterocycles. The van der Waals surface area contributed by atoms with Crippen LogP contribution in [-0.4, -0.2) is 4.37 Å². The smallest absolute Gasteiger partial charge is 0.0488 e. The van der Waals surface area contributed by atoms with Crippen molar-refractivity contribution in [2.45, 2.75) is 26.2 Å². The Kier molecular flexibility index (Phi) is 2.61. The maximum absolute atomic E-state index is 4.31. The molecule has 0 aliphatic heterocycles. The Labute approximate surface area is 94.9 Å². The third-order valence-electron chi connectivity index (χ3n) is 2.34. The maximum Gasteiger partial charge on any atom is 0.0488 e. The summed E-state index contributed by atoms with van der Waals surface area (Å²) in [6, 6.07) is 10.5. The van der Waals surface area contributed by atoms with Crippen LogP contribution >= 0.6 is 11.5 Å². The van der Waals surface area contributed by atoms with Gasteiger partial charge in [0.1, 0.15) is 0 Å². The highest BCUT2D eigenvalue weighted by Crippen LogP contribution is 2.35. The van der Waals surface area contributed by atoms with Gasteiger partial charge in [-0.3, -0.25) is 0 Å². The van der Waals surface area contributed by atoms with E-state index in [0.717, 1.165) is 0 Å². The zero-order valence-electron chi connectivity index (χ0n) is 9.32. The molecular formula is C13H15NS. The molecule has 0 unspecified atom stereocenters. The maximum atomic E-state index is 4.31. The van der Waals surface area contributed by atoms with Crippen LogP contribution in [0.15, 0.2) is 36.5 Å². The second-order valence-electron chi connectivity index (χ2n) is 4.68. The lowest BCUT2D eigenvalue weighted by molar-refractivity contribution is 0.605. The predicted octanol–water partition coefficient (Wildman–Crippen LogP) is 4.11. The molecule has 0 aliphatic carbocycles. The normalized spacial score (nSPS) is 11.7. The number of nitrogens with zero attached hydrogens (tertiary/aromatic N) is 1. The number of hydrogen-bond donors (Lipinski definition) is 0. The van der Waals surface area contributed by atoms with E-state index in [1.54, 1.807) is 11.5 Å². The van der Waals surface area contributed by atoms with Crippen LogP contribution in [0.4, 0.5) is 0 Å². The van der Waals surface area contributed by atoms with E-state index in [1.165, 1.54) is 16.0 Å². The van der Waals surface area contributed by atoms with E-state index in [1.807, 2.05) is 12.3 Å². The summed E-state index contributed by atoms with van der Waals surface area (Å²) in [4.78, 5) is 1.36. The molecule has 15 heavy (non-hydrogen) atoms. The first-order chi connectivity index (χ1) is 7.09. The van der Waals surface area contributed by atoms with Gasteiger partial charge in [-0.2, -0.15) is 0 Å². The van der Waals surface area contributed by atoms with Crippen molar-refractivity contribution in [1.29, 1.82) is 0 Å². The van der Waals surface area contributed by atoms with Crippen LogP contribution < -0.4 is 0 Å². The Balaban J connectivity index is 2.51. The van der Waals surface area contributed by atoms with Crippen molar-refractivity contribution in [3.63, 3.8) is 0 Å². The van der Waals surface area contributed by atoms with Gasteiger partial charge in [0.25, 0.3) is 0 Å². The lowest BCUT2D eigenvalue weighted by Crippen LogP contribution is -2.09. The van der Waals surface area contributed by atoms with Gasteiger partial charge in [0.05, 0.1) is 0 Å². The number of rotatable bonds is 1. The van der Waals surface area contributed by atoms with E-state index in [9.17, 15) is 0 Å². The summed E-state index contributed by atoms with van der Waals surface area (Å²) in [6.45, 7) is 6.69. The molecule has 2 rings (SSSR count). The van der Waals surface area contributed by atoms with Crippen LogP contribution in [0.2, 0.25) is 0 Å². The van der Waals surface area contributed by atoms with Crippen molar-refractivity contribution >= 4 is 11.5 Å². The van der Waals surface area contributed by atoms with Gasteiger partial charge in [0.15, 0.2) is 0 Å². The highest BCUT2D eigenvalue weighted by molar-refractivity contribution is 7.06. The first-order valence-electron chi connectivity index (χ1n) is 5.09. The lowest BCUT2D eigenvalue weighted by atomic mass is 9.90. The van der Waals surface area contributed by atoms with E-state index in [4.69, 9.17) is 0 Å². The summed E-state index contributed by atoms with van der Waals surface area (Å²) >= 11 is 1.60. The highest BCUT2D eigenvalue weighted by atomic mass is 32.1. The average Bonchev–Trinajstić information content (AvgIpc) is 2.67. The summed E-state index contributed by atoms with van der Waals surface area (Å²) in [7, 11) is 0. The molecule has 0 bridgehead atoms. The van der Waals surface area contributed by atoms with Gasteiger partial charge in [-0.1, -0.05) is 51.1 Å². The molecule has 1 aromatic carbocycles. The highest BCUT2D eigenvalue weighted by Gasteiger charge is 2.20. The Morgan fingerprint density at radius 1 is 1.07 bits per heavy atom. The van der Waals surface area contributed by atoms with Crippen LogP contribution in [0.5, 0.6) is 0 Å². The zero-order valence-corrected chi connectivity index (χ0v) is 10.1. The SMILES string of the molecule is CC(C)(C)c1sncc1-c1ccccc1. The van der Waals surface area contributed by atoms with E-state index < -0.39 is 0 Å².